The minimum atomic E-state index is -0.841. The number of urea groups is 1. The summed E-state index contributed by atoms with van der Waals surface area (Å²) in [7, 11) is 0. The molecule has 2 atom stereocenters. The summed E-state index contributed by atoms with van der Waals surface area (Å²) < 4.78 is 0. The molecule has 2 aromatic rings. The van der Waals surface area contributed by atoms with Gasteiger partial charge < -0.3 is 5.73 Å². The molecule has 3 amide bonds. The number of aryl methyl sites for hydroxylation is 1. The summed E-state index contributed by atoms with van der Waals surface area (Å²) in [5, 5.41) is 7.42. The second-order valence-electron chi connectivity index (χ2n) is 6.04. The molecule has 6 heteroatoms. The number of thiophene rings is 1. The predicted molar refractivity (Wildman–Crippen MR) is 102 cm³/mol. The second-order valence-corrected chi connectivity index (χ2v) is 7.01. The molecule has 0 aliphatic heterocycles. The average molecular weight is 359 g/mol. The zero-order chi connectivity index (χ0) is 18.2. The molecule has 134 valence electrons. The van der Waals surface area contributed by atoms with Crippen LogP contribution in [0.5, 0.6) is 0 Å². The van der Waals surface area contributed by atoms with E-state index in [2.05, 4.69) is 41.8 Å². The van der Waals surface area contributed by atoms with E-state index < -0.39 is 18.0 Å². The molecule has 2 rings (SSSR count). The number of unbranched alkanes of at least 4 members (excludes halogenated alkanes) is 1. The van der Waals surface area contributed by atoms with Gasteiger partial charge in [-0.15, -0.1) is 11.3 Å². The third kappa shape index (κ3) is 5.69. The molecule has 0 aliphatic carbocycles. The van der Waals surface area contributed by atoms with E-state index >= 15 is 0 Å². The van der Waals surface area contributed by atoms with Crippen molar-refractivity contribution in [3.05, 3.63) is 57.8 Å². The Morgan fingerprint density at radius 3 is 2.48 bits per heavy atom. The maximum atomic E-state index is 12.0. The Balaban J connectivity index is 2.16. The van der Waals surface area contributed by atoms with Gasteiger partial charge in [-0.25, -0.2) is 4.79 Å². The lowest BCUT2D eigenvalue weighted by molar-refractivity contribution is -0.121. The smallest absolute Gasteiger partial charge is 0.318 e. The number of carbonyl (C=O) groups is 2. The maximum Gasteiger partial charge on any atom is 0.318 e. The Bertz CT molecular complexity index is 683. The third-order valence-corrected chi connectivity index (χ3v) is 4.95. The Labute approximate surface area is 152 Å². The van der Waals surface area contributed by atoms with Crippen molar-refractivity contribution in [3.63, 3.8) is 0 Å². The van der Waals surface area contributed by atoms with Crippen LogP contribution >= 0.6 is 11.3 Å². The molecule has 0 unspecified atom stereocenters. The monoisotopic (exact) mass is 359 g/mol. The molecule has 0 radical (unpaired) electrons. The van der Waals surface area contributed by atoms with E-state index in [-0.39, 0.29) is 6.04 Å². The van der Waals surface area contributed by atoms with Gasteiger partial charge in [-0.3, -0.25) is 15.4 Å². The standard InChI is InChI=1S/C19H25N3O2S/c1-3-4-6-14-8-10-15(11-9-14)17(16-7-5-12-25-16)21-13(2)18(23)22-19(20)24/h5,7-13,17,21H,3-4,6H2,1-2H3,(H3,20,22,23,24)/t13-,17-/m1/s1. The molecule has 5 nitrogen and oxygen atoms in total. The molecule has 1 aromatic heterocycles. The van der Waals surface area contributed by atoms with E-state index in [9.17, 15) is 9.59 Å². The number of amides is 3. The molecule has 0 saturated carbocycles. The molecule has 25 heavy (non-hydrogen) atoms. The van der Waals surface area contributed by atoms with E-state index in [1.807, 2.05) is 17.5 Å². The van der Waals surface area contributed by atoms with Crippen LogP contribution in [0.4, 0.5) is 4.79 Å². The Morgan fingerprint density at radius 1 is 1.20 bits per heavy atom. The van der Waals surface area contributed by atoms with Gasteiger partial charge in [0.25, 0.3) is 0 Å². The van der Waals surface area contributed by atoms with Gasteiger partial charge in [0.15, 0.2) is 0 Å². The molecule has 0 aliphatic rings. The quantitative estimate of drug-likeness (QED) is 0.676. The molecule has 0 saturated heterocycles. The summed E-state index contributed by atoms with van der Waals surface area (Å²) in [5.41, 5.74) is 7.43. The summed E-state index contributed by atoms with van der Waals surface area (Å²) in [6.07, 6.45) is 3.43. The first-order valence-electron chi connectivity index (χ1n) is 8.49. The van der Waals surface area contributed by atoms with E-state index in [0.29, 0.717) is 0 Å². The van der Waals surface area contributed by atoms with E-state index in [0.717, 1.165) is 16.9 Å². The molecule has 0 fully saturated rings. The zero-order valence-corrected chi connectivity index (χ0v) is 15.4. The number of primary amides is 1. The van der Waals surface area contributed by atoms with Gasteiger partial charge in [0.2, 0.25) is 5.91 Å². The molecular formula is C19H25N3O2S. The van der Waals surface area contributed by atoms with Crippen LogP contribution in [0.1, 0.15) is 48.7 Å². The fourth-order valence-electron chi connectivity index (χ4n) is 2.61. The normalized spacial score (nSPS) is 13.2. The Kier molecular flexibility index (Phi) is 7.16. The Morgan fingerprint density at radius 2 is 1.92 bits per heavy atom. The van der Waals surface area contributed by atoms with Gasteiger partial charge in [-0.05, 0) is 42.3 Å². The van der Waals surface area contributed by atoms with Crippen LogP contribution < -0.4 is 16.4 Å². The van der Waals surface area contributed by atoms with Crippen LogP contribution in [0.15, 0.2) is 41.8 Å². The van der Waals surface area contributed by atoms with Gasteiger partial charge in [-0.1, -0.05) is 43.7 Å². The first-order valence-corrected chi connectivity index (χ1v) is 9.37. The Hall–Kier alpha value is -2.18. The fraction of sp³-hybridized carbons (Fsp3) is 0.368. The number of nitrogens with two attached hydrogens (primary N) is 1. The maximum absolute atomic E-state index is 12.0. The SMILES string of the molecule is CCCCc1ccc([C@@H](N[C@H](C)C(=O)NC(N)=O)c2cccs2)cc1. The van der Waals surface area contributed by atoms with Crippen molar-refractivity contribution in [2.75, 3.05) is 0 Å². The molecule has 1 aromatic carbocycles. The van der Waals surface area contributed by atoms with Gasteiger partial charge in [-0.2, -0.15) is 0 Å². The summed E-state index contributed by atoms with van der Waals surface area (Å²) in [6.45, 7) is 3.90. The zero-order valence-electron chi connectivity index (χ0n) is 14.6. The van der Waals surface area contributed by atoms with E-state index in [1.165, 1.54) is 18.4 Å². The van der Waals surface area contributed by atoms with Gasteiger partial charge in [0.05, 0.1) is 12.1 Å². The lowest BCUT2D eigenvalue weighted by atomic mass is 10.0. The number of nitrogens with one attached hydrogen (secondary N) is 2. The third-order valence-electron chi connectivity index (χ3n) is 4.02. The van der Waals surface area contributed by atoms with Crippen LogP contribution in [-0.4, -0.2) is 18.0 Å². The topological polar surface area (TPSA) is 84.2 Å². The van der Waals surface area contributed by atoms with Crippen molar-refractivity contribution in [1.82, 2.24) is 10.6 Å². The van der Waals surface area contributed by atoms with E-state index in [1.54, 1.807) is 18.3 Å². The lowest BCUT2D eigenvalue weighted by Gasteiger charge is -2.22. The molecule has 1 heterocycles. The summed E-state index contributed by atoms with van der Waals surface area (Å²) in [5.74, 6) is -0.436. The number of hydrogen-bond donors (Lipinski definition) is 3. The minimum absolute atomic E-state index is 0.117. The van der Waals surface area contributed by atoms with Gasteiger partial charge in [0.1, 0.15) is 0 Å². The average Bonchev–Trinajstić information content (AvgIpc) is 3.12. The highest BCUT2D eigenvalue weighted by Crippen LogP contribution is 2.27. The summed E-state index contributed by atoms with van der Waals surface area (Å²) in [4.78, 5) is 24.0. The second kappa shape index (κ2) is 9.34. The van der Waals surface area contributed by atoms with Crippen molar-refractivity contribution in [2.45, 2.75) is 45.2 Å². The number of imide groups is 1. The highest BCUT2D eigenvalue weighted by molar-refractivity contribution is 7.10. The van der Waals surface area contributed by atoms with Crippen LogP contribution in [0, 0.1) is 0 Å². The van der Waals surface area contributed by atoms with Crippen molar-refractivity contribution in [3.8, 4) is 0 Å². The minimum Gasteiger partial charge on any atom is -0.351 e. The van der Waals surface area contributed by atoms with Crippen LogP contribution in [0.25, 0.3) is 0 Å². The predicted octanol–water partition coefficient (Wildman–Crippen LogP) is 3.35. The van der Waals surface area contributed by atoms with Crippen molar-refractivity contribution < 1.29 is 9.59 Å². The molecular weight excluding hydrogens is 334 g/mol. The first kappa shape index (κ1) is 19.1. The number of benzene rings is 1. The fourth-order valence-corrected chi connectivity index (χ4v) is 3.42. The highest BCUT2D eigenvalue weighted by atomic mass is 32.1. The number of rotatable bonds is 8. The molecule has 0 spiro atoms. The van der Waals surface area contributed by atoms with Crippen molar-refractivity contribution in [2.24, 2.45) is 5.73 Å². The molecule has 0 bridgehead atoms. The van der Waals surface area contributed by atoms with Crippen molar-refractivity contribution >= 4 is 23.3 Å². The largest absolute Gasteiger partial charge is 0.351 e. The molecule has 4 N–H and O–H groups in total. The lowest BCUT2D eigenvalue weighted by Crippen LogP contribution is -2.47. The van der Waals surface area contributed by atoms with Gasteiger partial charge in [0, 0.05) is 4.88 Å². The van der Waals surface area contributed by atoms with Crippen LogP contribution in [0.3, 0.4) is 0 Å². The summed E-state index contributed by atoms with van der Waals surface area (Å²) >= 11 is 1.63. The van der Waals surface area contributed by atoms with Crippen LogP contribution in [0.2, 0.25) is 0 Å². The highest BCUT2D eigenvalue weighted by Gasteiger charge is 2.22. The first-order chi connectivity index (χ1) is 12.0. The number of carbonyl (C=O) groups excluding carboxylic acids is 2. The van der Waals surface area contributed by atoms with E-state index in [4.69, 9.17) is 5.73 Å². The number of hydrogen-bond acceptors (Lipinski definition) is 4. The van der Waals surface area contributed by atoms with Crippen LogP contribution in [-0.2, 0) is 11.2 Å². The van der Waals surface area contributed by atoms with Crippen molar-refractivity contribution in [1.29, 1.82) is 0 Å². The summed E-state index contributed by atoms with van der Waals surface area (Å²) in [6, 6.07) is 11.0. The van der Waals surface area contributed by atoms with Gasteiger partial charge >= 0.3 is 6.03 Å².